The molecule has 0 aliphatic heterocycles. The summed E-state index contributed by atoms with van der Waals surface area (Å²) in [6.45, 7) is 4.77. The van der Waals surface area contributed by atoms with Crippen LogP contribution in [-0.4, -0.2) is 16.4 Å². The van der Waals surface area contributed by atoms with Crippen molar-refractivity contribution in [2.45, 2.75) is 32.4 Å². The van der Waals surface area contributed by atoms with Gasteiger partial charge in [-0.1, -0.05) is 18.2 Å². The zero-order valence-electron chi connectivity index (χ0n) is 11.8. The first-order valence-electron chi connectivity index (χ1n) is 6.76. The van der Waals surface area contributed by atoms with E-state index in [1.807, 2.05) is 35.0 Å². The largest absolute Gasteiger partial charge is 0.494 e. The van der Waals surface area contributed by atoms with E-state index in [2.05, 4.69) is 34.9 Å². The second-order valence-corrected chi connectivity index (χ2v) is 5.83. The number of rotatable bonds is 6. The maximum Gasteiger partial charge on any atom is 0.119 e. The van der Waals surface area contributed by atoms with Crippen molar-refractivity contribution in [2.75, 3.05) is 6.61 Å². The minimum atomic E-state index is -0.0991. The number of nitrogens with zero attached hydrogens (tertiary/aromatic N) is 2. The lowest BCUT2D eigenvalue weighted by Crippen LogP contribution is -2.20. The highest BCUT2D eigenvalue weighted by atomic mass is 79.9. The summed E-state index contributed by atoms with van der Waals surface area (Å²) in [4.78, 5) is 0. The lowest BCUT2D eigenvalue weighted by Gasteiger charge is -2.17. The summed E-state index contributed by atoms with van der Waals surface area (Å²) in [6.07, 6.45) is 2.54. The highest BCUT2D eigenvalue weighted by molar-refractivity contribution is 9.10. The fraction of sp³-hybridized carbons (Fsp3) is 0.400. The fourth-order valence-electron chi connectivity index (χ4n) is 2.07. The molecule has 1 heterocycles. The van der Waals surface area contributed by atoms with Crippen LogP contribution in [0.4, 0.5) is 0 Å². The van der Waals surface area contributed by atoms with E-state index >= 15 is 0 Å². The van der Waals surface area contributed by atoms with Gasteiger partial charge in [-0.05, 0) is 41.9 Å². The number of hydrogen-bond acceptors (Lipinski definition) is 3. The van der Waals surface area contributed by atoms with Crippen LogP contribution in [-0.2, 0) is 0 Å². The molecule has 2 rings (SSSR count). The standard InChI is InChI=1S/C15H20BrN3O/c1-11(2)19-15(13(16)10-18-19)14(17)8-9-20-12-6-4-3-5-7-12/h3-7,10-11,14H,8-9,17H2,1-2H3. The second kappa shape index (κ2) is 6.90. The van der Waals surface area contributed by atoms with Gasteiger partial charge in [0.05, 0.1) is 29.0 Å². The Labute approximate surface area is 128 Å². The van der Waals surface area contributed by atoms with Crippen LogP contribution >= 0.6 is 15.9 Å². The molecule has 0 saturated carbocycles. The first-order chi connectivity index (χ1) is 9.59. The fourth-order valence-corrected chi connectivity index (χ4v) is 2.63. The zero-order chi connectivity index (χ0) is 14.5. The Morgan fingerprint density at radius 1 is 1.30 bits per heavy atom. The Kier molecular flexibility index (Phi) is 5.20. The first kappa shape index (κ1) is 15.1. The number of hydrogen-bond donors (Lipinski definition) is 1. The number of nitrogens with two attached hydrogens (primary N) is 1. The predicted octanol–water partition coefficient (Wildman–Crippen LogP) is 3.70. The highest BCUT2D eigenvalue weighted by Gasteiger charge is 2.18. The molecule has 0 aliphatic carbocycles. The van der Waals surface area contributed by atoms with Crippen LogP contribution < -0.4 is 10.5 Å². The molecule has 0 spiro atoms. The maximum atomic E-state index is 6.27. The van der Waals surface area contributed by atoms with Crippen LogP contribution in [0.25, 0.3) is 0 Å². The van der Waals surface area contributed by atoms with Gasteiger partial charge in [0.2, 0.25) is 0 Å². The number of ether oxygens (including phenoxy) is 1. The molecule has 0 fully saturated rings. The predicted molar refractivity (Wildman–Crippen MR) is 83.8 cm³/mol. The van der Waals surface area contributed by atoms with Crippen molar-refractivity contribution in [2.24, 2.45) is 5.73 Å². The summed E-state index contributed by atoms with van der Waals surface area (Å²) in [5.41, 5.74) is 7.30. The third-order valence-corrected chi connectivity index (χ3v) is 3.68. The Morgan fingerprint density at radius 3 is 2.65 bits per heavy atom. The Morgan fingerprint density at radius 2 is 2.00 bits per heavy atom. The summed E-state index contributed by atoms with van der Waals surface area (Å²) >= 11 is 3.52. The van der Waals surface area contributed by atoms with Crippen molar-refractivity contribution in [3.8, 4) is 5.75 Å². The minimum absolute atomic E-state index is 0.0991. The molecular formula is C15H20BrN3O. The van der Waals surface area contributed by atoms with Gasteiger partial charge >= 0.3 is 0 Å². The van der Waals surface area contributed by atoms with E-state index in [0.717, 1.165) is 22.3 Å². The van der Waals surface area contributed by atoms with Gasteiger partial charge in [-0.25, -0.2) is 0 Å². The van der Waals surface area contributed by atoms with E-state index in [0.29, 0.717) is 6.61 Å². The van der Waals surface area contributed by atoms with Crippen LogP contribution in [0.15, 0.2) is 41.0 Å². The van der Waals surface area contributed by atoms with Gasteiger partial charge in [-0.2, -0.15) is 5.10 Å². The van der Waals surface area contributed by atoms with Crippen LogP contribution in [0.1, 0.15) is 38.0 Å². The number of para-hydroxylation sites is 1. The Bertz CT molecular complexity index is 539. The molecule has 0 bridgehead atoms. The van der Waals surface area contributed by atoms with Crippen molar-refractivity contribution in [3.63, 3.8) is 0 Å². The average Bonchev–Trinajstić information content (AvgIpc) is 2.82. The molecule has 2 aromatic rings. The van der Waals surface area contributed by atoms with Crippen molar-refractivity contribution in [1.82, 2.24) is 9.78 Å². The van der Waals surface area contributed by atoms with Crippen LogP contribution in [0.3, 0.4) is 0 Å². The molecule has 4 nitrogen and oxygen atoms in total. The van der Waals surface area contributed by atoms with Gasteiger partial charge < -0.3 is 10.5 Å². The summed E-state index contributed by atoms with van der Waals surface area (Å²) < 4.78 is 8.60. The second-order valence-electron chi connectivity index (χ2n) is 4.97. The Balaban J connectivity index is 1.95. The topological polar surface area (TPSA) is 53.1 Å². The quantitative estimate of drug-likeness (QED) is 0.874. The number of aromatic nitrogens is 2. The molecule has 2 N–H and O–H groups in total. The molecule has 20 heavy (non-hydrogen) atoms. The zero-order valence-corrected chi connectivity index (χ0v) is 13.4. The van der Waals surface area contributed by atoms with Gasteiger partial charge in [0.1, 0.15) is 5.75 Å². The molecule has 0 saturated heterocycles. The van der Waals surface area contributed by atoms with Crippen LogP contribution in [0, 0.1) is 0 Å². The molecular weight excluding hydrogens is 318 g/mol. The Hall–Kier alpha value is -1.33. The lowest BCUT2D eigenvalue weighted by atomic mass is 10.1. The van der Waals surface area contributed by atoms with Gasteiger partial charge in [0.25, 0.3) is 0 Å². The van der Waals surface area contributed by atoms with Gasteiger partial charge in [0.15, 0.2) is 0 Å². The minimum Gasteiger partial charge on any atom is -0.494 e. The molecule has 108 valence electrons. The monoisotopic (exact) mass is 337 g/mol. The molecule has 1 atom stereocenters. The third-order valence-electron chi connectivity index (χ3n) is 3.07. The summed E-state index contributed by atoms with van der Waals surface area (Å²) in [5.74, 6) is 0.871. The van der Waals surface area contributed by atoms with Crippen LogP contribution in [0.5, 0.6) is 5.75 Å². The van der Waals surface area contributed by atoms with Crippen molar-refractivity contribution >= 4 is 15.9 Å². The highest BCUT2D eigenvalue weighted by Crippen LogP contribution is 2.26. The maximum absolute atomic E-state index is 6.27. The summed E-state index contributed by atoms with van der Waals surface area (Å²) in [6, 6.07) is 9.96. The van der Waals surface area contributed by atoms with E-state index < -0.39 is 0 Å². The smallest absolute Gasteiger partial charge is 0.119 e. The van der Waals surface area contributed by atoms with Gasteiger partial charge in [-0.3, -0.25) is 4.68 Å². The lowest BCUT2D eigenvalue weighted by molar-refractivity contribution is 0.294. The summed E-state index contributed by atoms with van der Waals surface area (Å²) in [5, 5.41) is 4.35. The molecule has 0 amide bonds. The van der Waals surface area contributed by atoms with Gasteiger partial charge in [0, 0.05) is 12.5 Å². The molecule has 0 radical (unpaired) electrons. The first-order valence-corrected chi connectivity index (χ1v) is 7.55. The van der Waals surface area contributed by atoms with E-state index in [9.17, 15) is 0 Å². The van der Waals surface area contributed by atoms with Gasteiger partial charge in [-0.15, -0.1) is 0 Å². The number of halogens is 1. The molecule has 1 aromatic heterocycles. The van der Waals surface area contributed by atoms with E-state index in [4.69, 9.17) is 10.5 Å². The SMILES string of the molecule is CC(C)n1ncc(Br)c1C(N)CCOc1ccccc1. The van der Waals surface area contributed by atoms with Crippen LogP contribution in [0.2, 0.25) is 0 Å². The average molecular weight is 338 g/mol. The summed E-state index contributed by atoms with van der Waals surface area (Å²) in [7, 11) is 0. The molecule has 5 heteroatoms. The van der Waals surface area contributed by atoms with Crippen molar-refractivity contribution in [1.29, 1.82) is 0 Å². The van der Waals surface area contributed by atoms with E-state index in [1.54, 1.807) is 6.20 Å². The molecule has 1 unspecified atom stereocenters. The van der Waals surface area contributed by atoms with Crippen molar-refractivity contribution < 1.29 is 4.74 Å². The van der Waals surface area contributed by atoms with E-state index in [-0.39, 0.29) is 12.1 Å². The third kappa shape index (κ3) is 3.61. The van der Waals surface area contributed by atoms with E-state index in [1.165, 1.54) is 0 Å². The molecule has 1 aromatic carbocycles. The normalized spacial score (nSPS) is 12.7. The molecule has 0 aliphatic rings. The van der Waals surface area contributed by atoms with Crippen molar-refractivity contribution in [3.05, 3.63) is 46.7 Å². The number of benzene rings is 1.